The van der Waals surface area contributed by atoms with Gasteiger partial charge in [-0.05, 0) is 31.5 Å². The summed E-state index contributed by atoms with van der Waals surface area (Å²) in [5.74, 6) is -0.249. The Labute approximate surface area is 139 Å². The third-order valence-corrected chi connectivity index (χ3v) is 3.77. The zero-order valence-corrected chi connectivity index (χ0v) is 14.1. The lowest BCUT2D eigenvalue weighted by molar-refractivity contribution is -0.120. The number of hydrogen-bond donors (Lipinski definition) is 2. The molecule has 114 valence electrons. The van der Waals surface area contributed by atoms with Gasteiger partial charge in [0.2, 0.25) is 5.91 Å². The van der Waals surface area contributed by atoms with Crippen LogP contribution in [0.4, 0.5) is 5.13 Å². The number of carbonyl (C=O) groups excluding carboxylic acids is 1. The van der Waals surface area contributed by atoms with Crippen LogP contribution in [-0.4, -0.2) is 16.4 Å². The van der Waals surface area contributed by atoms with Crippen molar-refractivity contribution in [1.29, 1.82) is 0 Å². The van der Waals surface area contributed by atoms with Crippen LogP contribution in [0.5, 0.6) is 0 Å². The zero-order valence-electron chi connectivity index (χ0n) is 11.7. The van der Waals surface area contributed by atoms with Crippen LogP contribution in [0, 0.1) is 0 Å². The van der Waals surface area contributed by atoms with Crippen molar-refractivity contribution in [3.63, 3.8) is 0 Å². The highest BCUT2D eigenvalue weighted by Gasteiger charge is 2.22. The molecule has 1 amide bonds. The van der Waals surface area contributed by atoms with Gasteiger partial charge in [0.15, 0.2) is 5.13 Å². The summed E-state index contributed by atoms with van der Waals surface area (Å²) in [6, 6.07) is 7.68. The fourth-order valence-electron chi connectivity index (χ4n) is 1.55. The van der Waals surface area contributed by atoms with Crippen molar-refractivity contribution in [3.05, 3.63) is 45.9 Å². The smallest absolute Gasteiger partial charge is 0.245 e. The standard InChI is InChI=1S/C14H16ClN3OS.ClH/c1-14(2,16)12(19)18-13-17-8-11(20-13)7-9-4-3-5-10(15)6-9;/h3-6,8H,7,16H2,1-2H3,(H,17,18,19);1H. The van der Waals surface area contributed by atoms with Crippen molar-refractivity contribution in [2.75, 3.05) is 5.32 Å². The highest BCUT2D eigenvalue weighted by Crippen LogP contribution is 2.23. The Morgan fingerprint density at radius 1 is 1.48 bits per heavy atom. The molecule has 0 bridgehead atoms. The van der Waals surface area contributed by atoms with E-state index in [1.54, 1.807) is 20.0 Å². The van der Waals surface area contributed by atoms with E-state index >= 15 is 0 Å². The van der Waals surface area contributed by atoms with E-state index in [1.807, 2.05) is 24.3 Å². The van der Waals surface area contributed by atoms with E-state index in [0.29, 0.717) is 10.2 Å². The van der Waals surface area contributed by atoms with Gasteiger partial charge in [0.25, 0.3) is 0 Å². The SMILES string of the molecule is CC(C)(N)C(=O)Nc1ncc(Cc2cccc(Cl)c2)s1.Cl. The third-order valence-electron chi connectivity index (χ3n) is 2.63. The van der Waals surface area contributed by atoms with Crippen LogP contribution in [0.25, 0.3) is 0 Å². The van der Waals surface area contributed by atoms with Crippen molar-refractivity contribution in [2.24, 2.45) is 5.73 Å². The van der Waals surface area contributed by atoms with Gasteiger partial charge < -0.3 is 11.1 Å². The first-order valence-corrected chi connectivity index (χ1v) is 7.33. The Balaban J connectivity index is 0.00000220. The molecule has 2 aromatic rings. The Bertz CT molecular complexity index is 623. The molecule has 0 fully saturated rings. The molecule has 0 aliphatic rings. The van der Waals surface area contributed by atoms with Crippen molar-refractivity contribution in [2.45, 2.75) is 25.8 Å². The summed E-state index contributed by atoms with van der Waals surface area (Å²) in [6.07, 6.45) is 2.49. The quantitative estimate of drug-likeness (QED) is 0.891. The largest absolute Gasteiger partial charge is 0.318 e. The summed E-state index contributed by atoms with van der Waals surface area (Å²) in [5, 5.41) is 3.99. The second-order valence-corrected chi connectivity index (χ2v) is 6.67. The number of nitrogens with zero attached hydrogens (tertiary/aromatic N) is 1. The molecule has 7 heteroatoms. The first kappa shape index (κ1) is 17.9. The van der Waals surface area contributed by atoms with Crippen molar-refractivity contribution in [3.8, 4) is 0 Å². The normalized spacial score (nSPS) is 10.9. The van der Waals surface area contributed by atoms with E-state index in [2.05, 4.69) is 10.3 Å². The molecule has 1 heterocycles. The fraction of sp³-hybridized carbons (Fsp3) is 0.286. The maximum Gasteiger partial charge on any atom is 0.245 e. The lowest BCUT2D eigenvalue weighted by atomic mass is 10.1. The predicted octanol–water partition coefficient (Wildman–Crippen LogP) is 3.48. The number of rotatable bonds is 4. The van der Waals surface area contributed by atoms with Crippen molar-refractivity contribution < 1.29 is 4.79 Å². The van der Waals surface area contributed by atoms with Gasteiger partial charge in [-0.15, -0.1) is 23.7 Å². The summed E-state index contributed by atoms with van der Waals surface area (Å²) in [6.45, 7) is 3.31. The Kier molecular flexibility index (Phi) is 6.16. The number of benzene rings is 1. The molecular weight excluding hydrogens is 329 g/mol. The molecule has 4 nitrogen and oxygen atoms in total. The number of nitrogens with one attached hydrogen (secondary N) is 1. The molecule has 1 aromatic carbocycles. The van der Waals surface area contributed by atoms with Crippen LogP contribution in [0.2, 0.25) is 5.02 Å². The summed E-state index contributed by atoms with van der Waals surface area (Å²) in [4.78, 5) is 17.0. The molecule has 0 spiro atoms. The van der Waals surface area contributed by atoms with Crippen LogP contribution >= 0.6 is 35.3 Å². The minimum Gasteiger partial charge on any atom is -0.318 e. The molecule has 0 saturated heterocycles. The average molecular weight is 346 g/mol. The van der Waals surface area contributed by atoms with Crippen LogP contribution in [0.1, 0.15) is 24.3 Å². The molecule has 0 aliphatic heterocycles. The Morgan fingerprint density at radius 3 is 2.81 bits per heavy atom. The molecule has 0 unspecified atom stereocenters. The average Bonchev–Trinajstić information content (AvgIpc) is 2.75. The van der Waals surface area contributed by atoms with Gasteiger partial charge in [0.05, 0.1) is 5.54 Å². The predicted molar refractivity (Wildman–Crippen MR) is 90.5 cm³/mol. The first-order chi connectivity index (χ1) is 9.34. The fourth-order valence-corrected chi connectivity index (χ4v) is 2.61. The second-order valence-electron chi connectivity index (χ2n) is 5.11. The molecular formula is C14H17Cl2N3OS. The maximum absolute atomic E-state index is 11.8. The summed E-state index contributed by atoms with van der Waals surface area (Å²) >= 11 is 7.39. The lowest BCUT2D eigenvalue weighted by Crippen LogP contribution is -2.45. The maximum atomic E-state index is 11.8. The number of thiazole rings is 1. The number of hydrogen-bond acceptors (Lipinski definition) is 4. The van der Waals surface area contributed by atoms with Gasteiger partial charge >= 0.3 is 0 Å². The monoisotopic (exact) mass is 345 g/mol. The van der Waals surface area contributed by atoms with Gasteiger partial charge in [0, 0.05) is 22.5 Å². The molecule has 0 radical (unpaired) electrons. The number of anilines is 1. The van der Waals surface area contributed by atoms with Gasteiger partial charge in [-0.3, -0.25) is 4.79 Å². The van der Waals surface area contributed by atoms with E-state index in [9.17, 15) is 4.79 Å². The van der Waals surface area contributed by atoms with Crippen molar-refractivity contribution >= 4 is 46.4 Å². The summed E-state index contributed by atoms with van der Waals surface area (Å²) < 4.78 is 0. The van der Waals surface area contributed by atoms with E-state index in [4.69, 9.17) is 17.3 Å². The topological polar surface area (TPSA) is 68.0 Å². The molecule has 0 saturated carbocycles. The van der Waals surface area contributed by atoms with Gasteiger partial charge in [0.1, 0.15) is 0 Å². The Morgan fingerprint density at radius 2 is 2.19 bits per heavy atom. The number of amides is 1. The van der Waals surface area contributed by atoms with Gasteiger partial charge in [-0.2, -0.15) is 0 Å². The van der Waals surface area contributed by atoms with Crippen LogP contribution in [0.3, 0.4) is 0 Å². The van der Waals surface area contributed by atoms with Gasteiger partial charge in [-0.1, -0.05) is 23.7 Å². The molecule has 2 rings (SSSR count). The first-order valence-electron chi connectivity index (χ1n) is 6.14. The second kappa shape index (κ2) is 7.22. The summed E-state index contributed by atoms with van der Waals surface area (Å²) in [5.41, 5.74) is 5.92. The number of nitrogens with two attached hydrogens (primary N) is 1. The lowest BCUT2D eigenvalue weighted by Gasteiger charge is -2.16. The Hall–Kier alpha value is -1.14. The van der Waals surface area contributed by atoms with E-state index in [1.165, 1.54) is 11.3 Å². The molecule has 0 atom stereocenters. The van der Waals surface area contributed by atoms with E-state index in [-0.39, 0.29) is 18.3 Å². The third kappa shape index (κ3) is 5.28. The van der Waals surface area contributed by atoms with Crippen LogP contribution in [0.15, 0.2) is 30.5 Å². The summed E-state index contributed by atoms with van der Waals surface area (Å²) in [7, 11) is 0. The van der Waals surface area contributed by atoms with Gasteiger partial charge in [-0.25, -0.2) is 4.98 Å². The minimum absolute atomic E-state index is 0. The number of aromatic nitrogens is 1. The number of carbonyl (C=O) groups is 1. The minimum atomic E-state index is -0.918. The molecule has 1 aromatic heterocycles. The zero-order chi connectivity index (χ0) is 14.8. The molecule has 3 N–H and O–H groups in total. The molecule has 21 heavy (non-hydrogen) atoms. The highest BCUT2D eigenvalue weighted by molar-refractivity contribution is 7.15. The van der Waals surface area contributed by atoms with Crippen LogP contribution in [-0.2, 0) is 11.2 Å². The van der Waals surface area contributed by atoms with Crippen LogP contribution < -0.4 is 11.1 Å². The number of halogens is 2. The van der Waals surface area contributed by atoms with E-state index in [0.717, 1.165) is 16.9 Å². The highest BCUT2D eigenvalue weighted by atomic mass is 35.5. The van der Waals surface area contributed by atoms with Crippen molar-refractivity contribution in [1.82, 2.24) is 4.98 Å². The van der Waals surface area contributed by atoms with E-state index < -0.39 is 5.54 Å². The molecule has 0 aliphatic carbocycles.